The second-order valence-corrected chi connectivity index (χ2v) is 16.6. The van der Waals surface area contributed by atoms with Crippen LogP contribution in [0.25, 0.3) is 49.8 Å². The highest BCUT2D eigenvalue weighted by molar-refractivity contribution is 6.10. The van der Waals surface area contributed by atoms with Gasteiger partial charge in [-0.05, 0) is 125 Å². The molecule has 3 heteroatoms. The number of allylic oxidation sites excluding steroid dienone is 3. The van der Waals surface area contributed by atoms with Gasteiger partial charge in [0, 0.05) is 46.0 Å². The summed E-state index contributed by atoms with van der Waals surface area (Å²) in [4.78, 5) is 2.58. The zero-order valence-corrected chi connectivity index (χ0v) is 32.2. The average molecular weight is 714 g/mol. The van der Waals surface area contributed by atoms with Crippen molar-refractivity contribution in [2.24, 2.45) is 5.92 Å². The van der Waals surface area contributed by atoms with Crippen LogP contribution in [-0.2, 0) is 5.41 Å². The first-order chi connectivity index (χ1) is 26.8. The smallest absolute Gasteiger partial charge is 0.0646 e. The van der Waals surface area contributed by atoms with E-state index in [1.54, 1.807) is 0 Å². The van der Waals surface area contributed by atoms with Gasteiger partial charge in [-0.15, -0.1) is 0 Å². The predicted octanol–water partition coefficient (Wildman–Crippen LogP) is 13.0. The number of anilines is 2. The summed E-state index contributed by atoms with van der Waals surface area (Å²) in [5.41, 5.74) is 16.4. The average Bonchev–Trinajstić information content (AvgIpc) is 3.66. The van der Waals surface area contributed by atoms with Gasteiger partial charge in [-0.1, -0.05) is 124 Å². The van der Waals surface area contributed by atoms with E-state index < -0.39 is 0 Å². The Morgan fingerprint density at radius 2 is 1.31 bits per heavy atom. The second kappa shape index (κ2) is 12.8. The minimum absolute atomic E-state index is 0.0665. The first-order valence-corrected chi connectivity index (χ1v) is 19.8. The molecule has 0 fully saturated rings. The third-order valence-electron chi connectivity index (χ3n) is 12.5. The van der Waals surface area contributed by atoms with Crippen molar-refractivity contribution < 1.29 is 0 Å². The van der Waals surface area contributed by atoms with Gasteiger partial charge >= 0.3 is 0 Å². The second-order valence-electron chi connectivity index (χ2n) is 16.6. The monoisotopic (exact) mass is 713 g/mol. The van der Waals surface area contributed by atoms with Crippen LogP contribution in [-0.4, -0.2) is 16.7 Å². The van der Waals surface area contributed by atoms with Crippen molar-refractivity contribution in [1.29, 1.82) is 0 Å². The van der Waals surface area contributed by atoms with Crippen molar-refractivity contribution in [3.8, 4) is 16.8 Å². The van der Waals surface area contributed by atoms with Crippen LogP contribution in [0.2, 0.25) is 0 Å². The topological polar surface area (TPSA) is 20.2 Å². The van der Waals surface area contributed by atoms with Gasteiger partial charge in [-0.3, -0.25) is 0 Å². The first kappa shape index (κ1) is 33.5. The molecule has 2 unspecified atom stereocenters. The Bertz CT molecular complexity index is 2690. The molecule has 270 valence electrons. The number of benzene rings is 6. The number of para-hydroxylation sites is 2. The molecule has 0 saturated heterocycles. The Labute approximate surface area is 325 Å². The lowest BCUT2D eigenvalue weighted by atomic mass is 9.76. The Balaban J connectivity index is 1.06. The number of fused-ring (bicyclic) bond motifs is 6. The molecule has 0 radical (unpaired) electrons. The molecule has 7 aromatic rings. The number of aromatic nitrogens is 1. The lowest BCUT2D eigenvalue weighted by Crippen LogP contribution is -2.43. The van der Waals surface area contributed by atoms with Gasteiger partial charge in [-0.2, -0.15) is 0 Å². The molecular formula is C52H47N3. The van der Waals surface area contributed by atoms with Crippen molar-refractivity contribution in [3.63, 3.8) is 0 Å². The van der Waals surface area contributed by atoms with Crippen molar-refractivity contribution in [3.05, 3.63) is 186 Å². The summed E-state index contributed by atoms with van der Waals surface area (Å²) in [5.74, 6) is 0.630. The fourth-order valence-electron chi connectivity index (χ4n) is 9.67. The number of hydrogen-bond acceptors (Lipinski definition) is 2. The van der Waals surface area contributed by atoms with E-state index >= 15 is 0 Å². The van der Waals surface area contributed by atoms with Crippen molar-refractivity contribution in [1.82, 2.24) is 9.88 Å². The summed E-state index contributed by atoms with van der Waals surface area (Å²) in [6.07, 6.45) is 9.30. The van der Waals surface area contributed by atoms with E-state index in [9.17, 15) is 0 Å². The SMILES string of the molecule is CC1CNC=C(c2ccc(N(c3ccc(-c4ccc5c(c4)c4ccccc4n5-c4ccccc4)cc3)C3(C)C=C4C(=CC3)c3ccccc3C4(C)C)cc2)C1. The highest BCUT2D eigenvalue weighted by Crippen LogP contribution is 2.54. The maximum atomic E-state index is 3.50. The number of hydrogen-bond donors (Lipinski definition) is 1. The fraction of sp³-hybridized carbons (Fsp3) is 0.192. The van der Waals surface area contributed by atoms with Crippen LogP contribution in [0.15, 0.2) is 170 Å². The molecule has 0 saturated carbocycles. The summed E-state index contributed by atoms with van der Waals surface area (Å²) in [6.45, 7) is 10.6. The molecule has 1 aliphatic heterocycles. The lowest BCUT2D eigenvalue weighted by Gasteiger charge is -2.44. The molecule has 3 aliphatic rings. The lowest BCUT2D eigenvalue weighted by molar-refractivity contribution is 0.549. The van der Waals surface area contributed by atoms with E-state index in [0.29, 0.717) is 5.92 Å². The maximum Gasteiger partial charge on any atom is 0.0646 e. The summed E-state index contributed by atoms with van der Waals surface area (Å²) < 4.78 is 2.38. The molecule has 3 nitrogen and oxygen atoms in total. The van der Waals surface area contributed by atoms with Crippen LogP contribution in [0.5, 0.6) is 0 Å². The zero-order chi connectivity index (χ0) is 37.3. The number of rotatable bonds is 6. The summed E-state index contributed by atoms with van der Waals surface area (Å²) in [7, 11) is 0. The van der Waals surface area contributed by atoms with Gasteiger partial charge < -0.3 is 14.8 Å². The molecule has 6 aromatic carbocycles. The molecule has 10 rings (SSSR count). The maximum absolute atomic E-state index is 3.50. The van der Waals surface area contributed by atoms with E-state index in [0.717, 1.165) is 19.4 Å². The number of nitrogens with one attached hydrogen (secondary N) is 1. The van der Waals surface area contributed by atoms with Gasteiger partial charge in [0.1, 0.15) is 0 Å². The Morgan fingerprint density at radius 1 is 0.655 bits per heavy atom. The Kier molecular flexibility index (Phi) is 7.78. The highest BCUT2D eigenvalue weighted by atomic mass is 15.2. The molecule has 0 amide bonds. The van der Waals surface area contributed by atoms with E-state index in [2.05, 4.69) is 206 Å². The summed E-state index contributed by atoms with van der Waals surface area (Å²) in [6, 6.07) is 53.9. The molecule has 2 aliphatic carbocycles. The Hall–Kier alpha value is -6.06. The molecule has 1 N–H and O–H groups in total. The first-order valence-electron chi connectivity index (χ1n) is 19.8. The molecule has 55 heavy (non-hydrogen) atoms. The van der Waals surface area contributed by atoms with Crippen molar-refractivity contribution in [2.75, 3.05) is 11.4 Å². The third-order valence-corrected chi connectivity index (χ3v) is 12.5. The van der Waals surface area contributed by atoms with Crippen LogP contribution in [0.3, 0.4) is 0 Å². The highest BCUT2D eigenvalue weighted by Gasteiger charge is 2.43. The predicted molar refractivity (Wildman–Crippen MR) is 233 cm³/mol. The van der Waals surface area contributed by atoms with Crippen molar-refractivity contribution >= 4 is 44.3 Å². The third kappa shape index (κ3) is 5.48. The molecule has 0 bridgehead atoms. The molecule has 1 aromatic heterocycles. The van der Waals surface area contributed by atoms with Gasteiger partial charge in [0.2, 0.25) is 0 Å². The zero-order valence-electron chi connectivity index (χ0n) is 32.2. The van der Waals surface area contributed by atoms with Gasteiger partial charge in [0.25, 0.3) is 0 Å². The van der Waals surface area contributed by atoms with Crippen LogP contribution < -0.4 is 10.2 Å². The standard InChI is InChI=1S/C52H47N3/c1-35-30-39(34-53-33-35)37-20-25-42(26-21-37)55(52(4)29-28-44-43-14-8-10-16-47(43)51(2,3)48(44)32-52)41-23-18-36(19-24-41)38-22-27-50-46(31-38)45-15-9-11-17-49(45)54(50)40-12-6-5-7-13-40/h5-28,31-32,34-35,53H,29-30,33H2,1-4H3. The van der Waals surface area contributed by atoms with Crippen LogP contribution in [0.4, 0.5) is 11.4 Å². The minimum atomic E-state index is -0.278. The normalized spacial score (nSPS) is 19.9. The van der Waals surface area contributed by atoms with Gasteiger partial charge in [0.05, 0.1) is 16.6 Å². The van der Waals surface area contributed by atoms with Gasteiger partial charge in [-0.25, -0.2) is 0 Å². The largest absolute Gasteiger partial charge is 0.390 e. The fourth-order valence-corrected chi connectivity index (χ4v) is 9.67. The quantitative estimate of drug-likeness (QED) is 0.185. The van der Waals surface area contributed by atoms with E-state index in [1.165, 1.54) is 83.4 Å². The summed E-state index contributed by atoms with van der Waals surface area (Å²) in [5, 5.41) is 6.04. The summed E-state index contributed by atoms with van der Waals surface area (Å²) >= 11 is 0. The van der Waals surface area contributed by atoms with E-state index in [4.69, 9.17) is 0 Å². The molecular weight excluding hydrogens is 667 g/mol. The minimum Gasteiger partial charge on any atom is -0.390 e. The van der Waals surface area contributed by atoms with Crippen LogP contribution in [0, 0.1) is 5.92 Å². The van der Waals surface area contributed by atoms with Gasteiger partial charge in [0.15, 0.2) is 0 Å². The van der Waals surface area contributed by atoms with E-state index in [-0.39, 0.29) is 11.0 Å². The van der Waals surface area contributed by atoms with Crippen molar-refractivity contribution in [2.45, 2.75) is 51.5 Å². The molecule has 2 heterocycles. The molecule has 2 atom stereocenters. The molecule has 0 spiro atoms. The number of nitrogens with zero attached hydrogens (tertiary/aromatic N) is 2. The van der Waals surface area contributed by atoms with Crippen LogP contribution >= 0.6 is 0 Å². The van der Waals surface area contributed by atoms with E-state index in [1.807, 2.05) is 0 Å². The Morgan fingerprint density at radius 3 is 2.07 bits per heavy atom. The van der Waals surface area contributed by atoms with Crippen LogP contribution in [0.1, 0.15) is 57.2 Å².